The molecule has 0 aliphatic carbocycles. The lowest BCUT2D eigenvalue weighted by molar-refractivity contribution is -0.140. The predicted octanol–water partition coefficient (Wildman–Crippen LogP) is 3.42. The molecular formula is C25H27N3O5. The minimum Gasteiger partial charge on any atom is -0.505 e. The fraction of sp³-hybridized carbons (Fsp3) is 0.320. The third-order valence-corrected chi connectivity index (χ3v) is 5.89. The molecule has 33 heavy (non-hydrogen) atoms. The van der Waals surface area contributed by atoms with Crippen LogP contribution in [0.25, 0.3) is 11.4 Å². The molecule has 1 N–H and O–H groups in total. The lowest BCUT2D eigenvalue weighted by atomic mass is 9.96. The number of likely N-dealkylation sites (tertiary alicyclic amines) is 1. The Balaban J connectivity index is 1.89. The van der Waals surface area contributed by atoms with E-state index in [2.05, 4.69) is 4.98 Å². The molecule has 1 saturated heterocycles. The quantitative estimate of drug-likeness (QED) is 0.338. The third kappa shape index (κ3) is 3.87. The molecule has 8 heteroatoms. The highest BCUT2D eigenvalue weighted by Gasteiger charge is 2.46. The van der Waals surface area contributed by atoms with E-state index in [1.165, 1.54) is 12.0 Å². The van der Waals surface area contributed by atoms with Gasteiger partial charge >= 0.3 is 0 Å². The van der Waals surface area contributed by atoms with Gasteiger partial charge in [0.15, 0.2) is 5.76 Å². The van der Waals surface area contributed by atoms with E-state index in [1.807, 2.05) is 43.5 Å². The fourth-order valence-corrected chi connectivity index (χ4v) is 4.23. The van der Waals surface area contributed by atoms with Crippen LogP contribution in [-0.2, 0) is 14.3 Å². The number of imidazole rings is 1. The van der Waals surface area contributed by atoms with E-state index in [0.29, 0.717) is 29.3 Å². The number of aryl methyl sites for hydroxylation is 2. The number of carbonyl (C=O) groups excluding carboxylic acids is 2. The maximum Gasteiger partial charge on any atom is 0.295 e. The molecule has 1 atom stereocenters. The molecule has 0 saturated carbocycles. The lowest BCUT2D eigenvalue weighted by Crippen LogP contribution is -2.32. The maximum absolute atomic E-state index is 13.1. The second-order valence-corrected chi connectivity index (χ2v) is 7.92. The van der Waals surface area contributed by atoms with Gasteiger partial charge in [-0.2, -0.15) is 0 Å². The molecule has 1 amide bonds. The minimum atomic E-state index is -0.763. The number of pyridine rings is 1. The smallest absolute Gasteiger partial charge is 0.295 e. The number of fused-ring (bicyclic) bond motifs is 1. The number of hydrogen-bond donors (Lipinski definition) is 1. The second-order valence-electron chi connectivity index (χ2n) is 7.92. The summed E-state index contributed by atoms with van der Waals surface area (Å²) in [5.74, 6) is -1.02. The van der Waals surface area contributed by atoms with Gasteiger partial charge in [-0.05, 0) is 50.1 Å². The van der Waals surface area contributed by atoms with Crippen molar-refractivity contribution in [3.8, 4) is 5.75 Å². The van der Waals surface area contributed by atoms with Crippen LogP contribution in [0, 0.1) is 13.8 Å². The molecule has 172 valence electrons. The van der Waals surface area contributed by atoms with Crippen molar-refractivity contribution < 1.29 is 24.2 Å². The van der Waals surface area contributed by atoms with Crippen LogP contribution in [0.2, 0.25) is 0 Å². The Labute approximate surface area is 192 Å². The summed E-state index contributed by atoms with van der Waals surface area (Å²) < 4.78 is 12.5. The first-order chi connectivity index (χ1) is 15.9. The molecule has 1 unspecified atom stereocenters. The molecular weight excluding hydrogens is 422 g/mol. The maximum atomic E-state index is 13.1. The first-order valence-corrected chi connectivity index (χ1v) is 10.8. The number of benzene rings is 1. The van der Waals surface area contributed by atoms with Gasteiger partial charge in [0.05, 0.1) is 30.5 Å². The Morgan fingerprint density at radius 1 is 1.15 bits per heavy atom. The van der Waals surface area contributed by atoms with Crippen LogP contribution in [0.15, 0.2) is 48.2 Å². The number of aliphatic hydroxyl groups is 1. The van der Waals surface area contributed by atoms with Crippen molar-refractivity contribution in [3.63, 3.8) is 0 Å². The second kappa shape index (κ2) is 9.07. The number of hydrogen-bond acceptors (Lipinski definition) is 6. The normalized spacial score (nSPS) is 17.8. The molecule has 0 spiro atoms. The van der Waals surface area contributed by atoms with Gasteiger partial charge < -0.3 is 23.9 Å². The number of nitrogens with zero attached hydrogens (tertiary/aromatic N) is 3. The number of carbonyl (C=O) groups is 2. The highest BCUT2D eigenvalue weighted by Crippen LogP contribution is 2.40. The van der Waals surface area contributed by atoms with Crippen molar-refractivity contribution in [2.45, 2.75) is 26.8 Å². The Morgan fingerprint density at radius 3 is 2.52 bits per heavy atom. The molecule has 0 radical (unpaired) electrons. The standard InChI is InChI=1S/C25H27N3O5/c1-5-33-18-10-8-17(9-11-18)21-19(23(30)25(31)28(21)13-14-32-4)22(29)20-16(3)27-12-6-7-15(2)24(27)26-20/h6-12,21,29H,5,13-14H2,1-4H3. The van der Waals surface area contributed by atoms with Crippen molar-refractivity contribution >= 4 is 23.1 Å². The molecule has 2 aromatic heterocycles. The summed E-state index contributed by atoms with van der Waals surface area (Å²) >= 11 is 0. The van der Waals surface area contributed by atoms with Crippen LogP contribution in [-0.4, -0.2) is 57.9 Å². The molecule has 4 rings (SSSR count). The van der Waals surface area contributed by atoms with Gasteiger partial charge in [0.1, 0.15) is 17.1 Å². The van der Waals surface area contributed by atoms with Gasteiger partial charge in [0, 0.05) is 19.9 Å². The number of ketones is 1. The SMILES string of the molecule is CCOc1ccc(C2C(=C(O)c3nc4c(C)cccn4c3C)C(=O)C(=O)N2CCOC)cc1. The van der Waals surface area contributed by atoms with Gasteiger partial charge in [-0.15, -0.1) is 0 Å². The van der Waals surface area contributed by atoms with Gasteiger partial charge in [-0.25, -0.2) is 4.98 Å². The largest absolute Gasteiger partial charge is 0.505 e. The van der Waals surface area contributed by atoms with E-state index in [4.69, 9.17) is 9.47 Å². The zero-order chi connectivity index (χ0) is 23.7. The summed E-state index contributed by atoms with van der Waals surface area (Å²) in [4.78, 5) is 32.1. The monoisotopic (exact) mass is 449 g/mol. The highest BCUT2D eigenvalue weighted by molar-refractivity contribution is 6.46. The summed E-state index contributed by atoms with van der Waals surface area (Å²) in [6, 6.07) is 10.2. The summed E-state index contributed by atoms with van der Waals surface area (Å²) in [5.41, 5.74) is 3.29. The summed E-state index contributed by atoms with van der Waals surface area (Å²) in [6.07, 6.45) is 1.85. The van der Waals surface area contributed by atoms with Gasteiger partial charge in [-0.1, -0.05) is 18.2 Å². The van der Waals surface area contributed by atoms with Gasteiger partial charge in [-0.3, -0.25) is 9.59 Å². The van der Waals surface area contributed by atoms with Crippen molar-refractivity contribution in [1.29, 1.82) is 0 Å². The third-order valence-electron chi connectivity index (χ3n) is 5.89. The first kappa shape index (κ1) is 22.5. The van der Waals surface area contributed by atoms with Crippen LogP contribution in [0.3, 0.4) is 0 Å². The number of aromatic nitrogens is 2. The Kier molecular flexibility index (Phi) is 6.20. The molecule has 0 bridgehead atoms. The molecule has 1 aliphatic rings. The van der Waals surface area contributed by atoms with Crippen LogP contribution >= 0.6 is 0 Å². The van der Waals surface area contributed by atoms with Crippen molar-refractivity contribution in [1.82, 2.24) is 14.3 Å². The summed E-state index contributed by atoms with van der Waals surface area (Å²) in [7, 11) is 1.53. The van der Waals surface area contributed by atoms with Crippen LogP contribution < -0.4 is 4.74 Å². The number of Topliss-reactive ketones (excluding diaryl/α,β-unsaturated/α-hetero) is 1. The van der Waals surface area contributed by atoms with E-state index in [1.54, 1.807) is 24.3 Å². The van der Waals surface area contributed by atoms with Crippen LogP contribution in [0.4, 0.5) is 0 Å². The molecule has 3 aromatic rings. The first-order valence-electron chi connectivity index (χ1n) is 10.8. The molecule has 1 aromatic carbocycles. The zero-order valence-corrected chi connectivity index (χ0v) is 19.2. The number of rotatable bonds is 7. The predicted molar refractivity (Wildman–Crippen MR) is 123 cm³/mol. The Hall–Kier alpha value is -3.65. The number of ether oxygens (including phenoxy) is 2. The number of amides is 1. The number of aliphatic hydroxyl groups excluding tert-OH is 1. The number of methoxy groups -OCH3 is 1. The topological polar surface area (TPSA) is 93.4 Å². The lowest BCUT2D eigenvalue weighted by Gasteiger charge is -2.25. The molecule has 8 nitrogen and oxygen atoms in total. The Bertz CT molecular complexity index is 1240. The van der Waals surface area contributed by atoms with E-state index in [-0.39, 0.29) is 30.2 Å². The average Bonchev–Trinajstić information content (AvgIpc) is 3.28. The highest BCUT2D eigenvalue weighted by atomic mass is 16.5. The van der Waals surface area contributed by atoms with E-state index < -0.39 is 17.7 Å². The zero-order valence-electron chi connectivity index (χ0n) is 19.2. The van der Waals surface area contributed by atoms with Crippen molar-refractivity contribution in [2.75, 3.05) is 26.9 Å². The van der Waals surface area contributed by atoms with Crippen molar-refractivity contribution in [3.05, 3.63) is 70.7 Å². The van der Waals surface area contributed by atoms with Crippen molar-refractivity contribution in [2.24, 2.45) is 0 Å². The minimum absolute atomic E-state index is 0.0180. The van der Waals surface area contributed by atoms with Crippen LogP contribution in [0.5, 0.6) is 5.75 Å². The Morgan fingerprint density at radius 2 is 1.88 bits per heavy atom. The van der Waals surface area contributed by atoms with Crippen LogP contribution in [0.1, 0.15) is 35.5 Å². The summed E-state index contributed by atoms with van der Waals surface area (Å²) in [6.45, 7) is 6.63. The average molecular weight is 450 g/mol. The molecule has 1 fully saturated rings. The fourth-order valence-electron chi connectivity index (χ4n) is 4.23. The van der Waals surface area contributed by atoms with Gasteiger partial charge in [0.2, 0.25) is 0 Å². The summed E-state index contributed by atoms with van der Waals surface area (Å²) in [5, 5.41) is 11.3. The molecule has 1 aliphatic heterocycles. The molecule has 3 heterocycles. The van der Waals surface area contributed by atoms with E-state index in [0.717, 1.165) is 5.56 Å². The van der Waals surface area contributed by atoms with E-state index >= 15 is 0 Å². The van der Waals surface area contributed by atoms with E-state index in [9.17, 15) is 14.7 Å². The van der Waals surface area contributed by atoms with Gasteiger partial charge in [0.25, 0.3) is 11.7 Å².